The summed E-state index contributed by atoms with van der Waals surface area (Å²) in [4.78, 5) is 34.9. The number of hydrogen-bond donors (Lipinski definition) is 2. The van der Waals surface area contributed by atoms with Crippen molar-refractivity contribution in [3.8, 4) is 0 Å². The van der Waals surface area contributed by atoms with E-state index in [-0.39, 0.29) is 24.5 Å². The van der Waals surface area contributed by atoms with Crippen molar-refractivity contribution in [3.05, 3.63) is 48.6 Å². The zero-order valence-corrected chi connectivity index (χ0v) is 31.1. The lowest BCUT2D eigenvalue weighted by Gasteiger charge is -2.14. The highest BCUT2D eigenvalue weighted by molar-refractivity contribution is 5.80. The van der Waals surface area contributed by atoms with Crippen molar-refractivity contribution in [3.63, 3.8) is 0 Å². The Bertz CT molecular complexity index is 875. The van der Waals surface area contributed by atoms with E-state index in [2.05, 4.69) is 61.7 Å². The van der Waals surface area contributed by atoms with Gasteiger partial charge in [-0.3, -0.25) is 14.4 Å². The summed E-state index contributed by atoms with van der Waals surface area (Å²) < 4.78 is 5.90. The number of rotatable bonds is 35. The van der Waals surface area contributed by atoms with Crippen LogP contribution < -0.4 is 5.32 Å². The minimum Gasteiger partial charge on any atom is -0.480 e. The number of nitrogens with one attached hydrogen (secondary N) is 1. The van der Waals surface area contributed by atoms with Crippen LogP contribution in [0.2, 0.25) is 0 Å². The van der Waals surface area contributed by atoms with E-state index in [0.29, 0.717) is 12.8 Å². The van der Waals surface area contributed by atoms with Gasteiger partial charge >= 0.3 is 11.9 Å². The number of carboxylic acid groups (broad SMARTS) is 1. The zero-order valence-electron chi connectivity index (χ0n) is 31.1. The third kappa shape index (κ3) is 36.2. The van der Waals surface area contributed by atoms with Crippen LogP contribution in [0.15, 0.2) is 48.6 Å². The quantitative estimate of drug-likeness (QED) is 0.0397. The van der Waals surface area contributed by atoms with E-state index < -0.39 is 5.97 Å². The standard InChI is InChI=1S/C42H73NO5/c1-3-5-7-9-11-13-15-16-17-18-20-22-24-29-33-37-42(47)48-39(34-30-26-23-21-19-14-12-10-8-6-4-2)35-31-27-25-28-32-36-40(44)43-38-41(45)46/h6,8,12,14,21,23,30,34,39H,3-5,7,9-11,13,15-20,22,24-29,31-33,35-38H2,1-2H3,(H,43,44)(H,45,46)/b8-6-,14-12-,23-21-,34-30-. The van der Waals surface area contributed by atoms with Crippen molar-refractivity contribution >= 4 is 17.8 Å². The molecule has 1 atom stereocenters. The number of carboxylic acids is 1. The number of carbonyl (C=O) groups excluding carboxylic acids is 2. The first-order valence-corrected chi connectivity index (χ1v) is 19.8. The summed E-state index contributed by atoms with van der Waals surface area (Å²) in [5.41, 5.74) is 0. The number of allylic oxidation sites excluding steroid dienone is 7. The molecule has 0 fully saturated rings. The molecule has 0 aromatic carbocycles. The Morgan fingerprint density at radius 2 is 1.00 bits per heavy atom. The minimum absolute atomic E-state index is 0.0930. The molecule has 0 aliphatic heterocycles. The number of amides is 1. The van der Waals surface area contributed by atoms with Gasteiger partial charge in [0, 0.05) is 12.8 Å². The number of hydrogen-bond acceptors (Lipinski definition) is 4. The summed E-state index contributed by atoms with van der Waals surface area (Å²) >= 11 is 0. The SMILES string of the molecule is CC/C=C\C/C=C\C/C=C\C/C=C\C(CCCCCCCC(=O)NCC(=O)O)OC(=O)CCCCCCCCCCCCCCCCC. The van der Waals surface area contributed by atoms with Crippen LogP contribution in [0.5, 0.6) is 0 Å². The Morgan fingerprint density at radius 3 is 1.50 bits per heavy atom. The third-order valence-corrected chi connectivity index (χ3v) is 8.50. The Balaban J connectivity index is 4.27. The molecule has 0 aromatic rings. The van der Waals surface area contributed by atoms with E-state index in [0.717, 1.165) is 77.0 Å². The molecular weight excluding hydrogens is 598 g/mol. The van der Waals surface area contributed by atoms with Gasteiger partial charge in [0.2, 0.25) is 5.91 Å². The highest BCUT2D eigenvalue weighted by Crippen LogP contribution is 2.16. The van der Waals surface area contributed by atoms with Gasteiger partial charge in [-0.25, -0.2) is 0 Å². The molecule has 2 N–H and O–H groups in total. The number of aliphatic carboxylic acids is 1. The summed E-state index contributed by atoms with van der Waals surface area (Å²) in [6, 6.07) is 0. The predicted molar refractivity (Wildman–Crippen MR) is 203 cm³/mol. The lowest BCUT2D eigenvalue weighted by Crippen LogP contribution is -2.28. The molecule has 0 spiro atoms. The maximum Gasteiger partial charge on any atom is 0.322 e. The Hall–Kier alpha value is -2.63. The molecule has 0 rings (SSSR count). The highest BCUT2D eigenvalue weighted by atomic mass is 16.5. The number of carbonyl (C=O) groups is 3. The Kier molecular flexibility index (Phi) is 35.2. The van der Waals surface area contributed by atoms with Crippen LogP contribution in [0.4, 0.5) is 0 Å². The van der Waals surface area contributed by atoms with Gasteiger partial charge in [0.1, 0.15) is 12.6 Å². The third-order valence-electron chi connectivity index (χ3n) is 8.50. The molecule has 1 unspecified atom stereocenters. The number of ether oxygens (including phenoxy) is 1. The van der Waals surface area contributed by atoms with Crippen LogP contribution in [0.25, 0.3) is 0 Å². The molecule has 0 radical (unpaired) electrons. The second-order valence-electron chi connectivity index (χ2n) is 13.2. The molecule has 1 amide bonds. The smallest absolute Gasteiger partial charge is 0.322 e. The van der Waals surface area contributed by atoms with Crippen LogP contribution in [-0.2, 0) is 19.1 Å². The van der Waals surface area contributed by atoms with E-state index in [1.54, 1.807) is 0 Å². The molecule has 0 bridgehead atoms. The minimum atomic E-state index is -1.03. The fourth-order valence-electron chi connectivity index (χ4n) is 5.60. The molecule has 0 heterocycles. The normalized spacial score (nSPS) is 12.5. The van der Waals surface area contributed by atoms with Gasteiger partial charge < -0.3 is 15.2 Å². The first kappa shape index (κ1) is 45.4. The van der Waals surface area contributed by atoms with Gasteiger partial charge in [-0.1, -0.05) is 166 Å². The van der Waals surface area contributed by atoms with Gasteiger partial charge in [0.05, 0.1) is 0 Å². The summed E-state index contributed by atoms with van der Waals surface area (Å²) in [6.45, 7) is 4.09. The van der Waals surface area contributed by atoms with E-state index in [1.165, 1.54) is 83.5 Å². The molecule has 0 aromatic heterocycles. The molecule has 0 aliphatic rings. The average molecular weight is 672 g/mol. The van der Waals surface area contributed by atoms with Gasteiger partial charge in [-0.05, 0) is 57.4 Å². The summed E-state index contributed by atoms with van der Waals surface area (Å²) in [7, 11) is 0. The first-order valence-electron chi connectivity index (χ1n) is 19.8. The maximum atomic E-state index is 12.7. The van der Waals surface area contributed by atoms with Crippen LogP contribution >= 0.6 is 0 Å². The highest BCUT2D eigenvalue weighted by Gasteiger charge is 2.11. The maximum absolute atomic E-state index is 12.7. The molecule has 6 heteroatoms. The number of esters is 1. The molecule has 276 valence electrons. The second kappa shape index (κ2) is 37.2. The molecule has 0 saturated carbocycles. The van der Waals surface area contributed by atoms with Crippen LogP contribution in [-0.4, -0.2) is 35.6 Å². The topological polar surface area (TPSA) is 92.7 Å². The number of unbranched alkanes of at least 4 members (excludes halogenated alkanes) is 18. The summed E-state index contributed by atoms with van der Waals surface area (Å²) in [6.07, 6.45) is 46.7. The Labute approximate surface area is 295 Å². The predicted octanol–water partition coefficient (Wildman–Crippen LogP) is 11.9. The van der Waals surface area contributed by atoms with Gasteiger partial charge in [-0.15, -0.1) is 0 Å². The average Bonchev–Trinajstić information content (AvgIpc) is 3.07. The van der Waals surface area contributed by atoms with Gasteiger partial charge in [0.25, 0.3) is 0 Å². The van der Waals surface area contributed by atoms with Crippen LogP contribution in [0, 0.1) is 0 Å². The monoisotopic (exact) mass is 672 g/mol. The van der Waals surface area contributed by atoms with Crippen LogP contribution in [0.1, 0.15) is 187 Å². The van der Waals surface area contributed by atoms with Crippen molar-refractivity contribution in [1.82, 2.24) is 5.32 Å². The zero-order chi connectivity index (χ0) is 35.2. The van der Waals surface area contributed by atoms with Gasteiger partial charge in [-0.2, -0.15) is 0 Å². The lowest BCUT2D eigenvalue weighted by molar-refractivity contribution is -0.147. The van der Waals surface area contributed by atoms with Crippen LogP contribution in [0.3, 0.4) is 0 Å². The van der Waals surface area contributed by atoms with E-state index in [4.69, 9.17) is 9.84 Å². The summed E-state index contributed by atoms with van der Waals surface area (Å²) in [5.74, 6) is -1.33. The summed E-state index contributed by atoms with van der Waals surface area (Å²) in [5, 5.41) is 11.1. The van der Waals surface area contributed by atoms with Crippen molar-refractivity contribution in [2.24, 2.45) is 0 Å². The fourth-order valence-corrected chi connectivity index (χ4v) is 5.60. The largest absolute Gasteiger partial charge is 0.480 e. The molecule has 0 aliphatic carbocycles. The Morgan fingerprint density at radius 1 is 0.562 bits per heavy atom. The second-order valence-corrected chi connectivity index (χ2v) is 13.2. The molecule has 6 nitrogen and oxygen atoms in total. The molecular formula is C42H73NO5. The van der Waals surface area contributed by atoms with Crippen molar-refractivity contribution in [1.29, 1.82) is 0 Å². The van der Waals surface area contributed by atoms with Crippen molar-refractivity contribution in [2.45, 2.75) is 193 Å². The van der Waals surface area contributed by atoms with Gasteiger partial charge in [0.15, 0.2) is 0 Å². The van der Waals surface area contributed by atoms with Crippen molar-refractivity contribution < 1.29 is 24.2 Å². The van der Waals surface area contributed by atoms with E-state index in [1.807, 2.05) is 6.08 Å². The molecule has 48 heavy (non-hydrogen) atoms. The van der Waals surface area contributed by atoms with E-state index >= 15 is 0 Å². The van der Waals surface area contributed by atoms with E-state index in [9.17, 15) is 14.4 Å². The lowest BCUT2D eigenvalue weighted by atomic mass is 10.0. The fraction of sp³-hybridized carbons (Fsp3) is 0.738. The molecule has 0 saturated heterocycles. The first-order chi connectivity index (χ1) is 23.5. The van der Waals surface area contributed by atoms with Crippen molar-refractivity contribution in [2.75, 3.05) is 6.54 Å².